The lowest BCUT2D eigenvalue weighted by molar-refractivity contribution is -0.0516. The molecule has 0 unspecified atom stereocenters. The molecule has 13 heavy (non-hydrogen) atoms. The van der Waals surface area contributed by atoms with Gasteiger partial charge in [0.15, 0.2) is 11.5 Å². The number of para-hydroxylation sites is 1. The van der Waals surface area contributed by atoms with E-state index < -0.39 is 6.61 Å². The van der Waals surface area contributed by atoms with Gasteiger partial charge in [0.1, 0.15) is 0 Å². The van der Waals surface area contributed by atoms with Crippen LogP contribution < -0.4 is 9.47 Å². The summed E-state index contributed by atoms with van der Waals surface area (Å²) in [5.74, 6) is 0.417. The lowest BCUT2D eigenvalue weighted by atomic mass is 10.2. The highest BCUT2D eigenvalue weighted by Crippen LogP contribution is 2.31. The fraction of sp³-hybridized carbons (Fsp3) is 0.333. The van der Waals surface area contributed by atoms with Crippen molar-refractivity contribution in [2.75, 3.05) is 7.11 Å². The van der Waals surface area contributed by atoms with Crippen LogP contribution >= 0.6 is 0 Å². The molecule has 0 atom stereocenters. The maximum Gasteiger partial charge on any atom is 0.387 e. The minimum absolute atomic E-state index is 0.0972. The standard InChI is InChI=1S/C9H10F2O2/c1-6-4-3-5-7(12-2)8(6)13-9(10)11/h3-5,9H,1-2H3. The average molecular weight is 188 g/mol. The summed E-state index contributed by atoms with van der Waals surface area (Å²) >= 11 is 0. The van der Waals surface area contributed by atoms with Gasteiger partial charge in [-0.25, -0.2) is 0 Å². The summed E-state index contributed by atoms with van der Waals surface area (Å²) in [4.78, 5) is 0. The monoisotopic (exact) mass is 188 g/mol. The number of alkyl halides is 2. The molecule has 1 aromatic carbocycles. The van der Waals surface area contributed by atoms with Gasteiger partial charge in [0, 0.05) is 0 Å². The molecule has 0 fully saturated rings. The summed E-state index contributed by atoms with van der Waals surface area (Å²) in [6.45, 7) is -1.14. The zero-order valence-electron chi connectivity index (χ0n) is 7.38. The Bertz CT molecular complexity index is 287. The van der Waals surface area contributed by atoms with Crippen LogP contribution in [-0.2, 0) is 0 Å². The maximum atomic E-state index is 11.9. The lowest BCUT2D eigenvalue weighted by Gasteiger charge is -2.11. The van der Waals surface area contributed by atoms with E-state index >= 15 is 0 Å². The summed E-state index contributed by atoms with van der Waals surface area (Å²) in [5.41, 5.74) is 0.625. The molecule has 0 heterocycles. The van der Waals surface area contributed by atoms with E-state index in [9.17, 15) is 8.78 Å². The van der Waals surface area contributed by atoms with Gasteiger partial charge < -0.3 is 9.47 Å². The second kappa shape index (κ2) is 4.07. The predicted octanol–water partition coefficient (Wildman–Crippen LogP) is 2.61. The normalized spacial score (nSPS) is 10.2. The summed E-state index contributed by atoms with van der Waals surface area (Å²) in [5, 5.41) is 0. The first kappa shape index (κ1) is 9.77. The van der Waals surface area contributed by atoms with E-state index in [1.807, 2.05) is 0 Å². The molecule has 0 bridgehead atoms. The van der Waals surface area contributed by atoms with Gasteiger partial charge in [0.05, 0.1) is 7.11 Å². The summed E-state index contributed by atoms with van der Waals surface area (Å²) in [6.07, 6.45) is 0. The Kier molecular flexibility index (Phi) is 3.06. The van der Waals surface area contributed by atoms with Crippen LogP contribution in [0.2, 0.25) is 0 Å². The van der Waals surface area contributed by atoms with Gasteiger partial charge >= 0.3 is 6.61 Å². The van der Waals surface area contributed by atoms with Crippen LogP contribution in [0.15, 0.2) is 18.2 Å². The van der Waals surface area contributed by atoms with Crippen LogP contribution in [0.25, 0.3) is 0 Å². The fourth-order valence-electron chi connectivity index (χ4n) is 1.03. The number of methoxy groups -OCH3 is 1. The van der Waals surface area contributed by atoms with E-state index in [4.69, 9.17) is 4.74 Å². The zero-order valence-corrected chi connectivity index (χ0v) is 7.38. The molecule has 0 N–H and O–H groups in total. The topological polar surface area (TPSA) is 18.5 Å². The van der Waals surface area contributed by atoms with Crippen molar-refractivity contribution in [2.45, 2.75) is 13.5 Å². The molecule has 0 saturated carbocycles. The van der Waals surface area contributed by atoms with Crippen LogP contribution in [0.4, 0.5) is 8.78 Å². The summed E-state index contributed by atoms with van der Waals surface area (Å²) in [6, 6.07) is 4.97. The van der Waals surface area contributed by atoms with Gasteiger partial charge in [0.25, 0.3) is 0 Å². The minimum Gasteiger partial charge on any atom is -0.493 e. The summed E-state index contributed by atoms with van der Waals surface area (Å²) in [7, 11) is 1.41. The smallest absolute Gasteiger partial charge is 0.387 e. The first-order valence-electron chi connectivity index (χ1n) is 3.73. The molecule has 0 saturated heterocycles. The largest absolute Gasteiger partial charge is 0.493 e. The van der Waals surface area contributed by atoms with Crippen LogP contribution in [0, 0.1) is 6.92 Å². The second-order valence-electron chi connectivity index (χ2n) is 2.48. The van der Waals surface area contributed by atoms with Crippen molar-refractivity contribution in [2.24, 2.45) is 0 Å². The van der Waals surface area contributed by atoms with E-state index in [1.165, 1.54) is 7.11 Å². The van der Waals surface area contributed by atoms with Crippen molar-refractivity contribution in [3.8, 4) is 11.5 Å². The molecule has 1 rings (SSSR count). The molecule has 0 aliphatic heterocycles. The van der Waals surface area contributed by atoms with Gasteiger partial charge in [-0.3, -0.25) is 0 Å². The van der Waals surface area contributed by atoms with Crippen molar-refractivity contribution >= 4 is 0 Å². The molecule has 1 aromatic rings. The lowest BCUT2D eigenvalue weighted by Crippen LogP contribution is -2.04. The Labute approximate surface area is 75.1 Å². The van der Waals surface area contributed by atoms with E-state index in [0.717, 1.165) is 0 Å². The maximum absolute atomic E-state index is 11.9. The number of hydrogen-bond donors (Lipinski definition) is 0. The third kappa shape index (κ3) is 2.31. The molecule has 0 aliphatic carbocycles. The van der Waals surface area contributed by atoms with Gasteiger partial charge in [-0.1, -0.05) is 12.1 Å². The molecular weight excluding hydrogens is 178 g/mol. The Morgan fingerprint density at radius 3 is 2.54 bits per heavy atom. The van der Waals surface area contributed by atoms with Gasteiger partial charge in [-0.15, -0.1) is 0 Å². The molecular formula is C9H10F2O2. The first-order chi connectivity index (χ1) is 6.15. The Morgan fingerprint density at radius 2 is 2.00 bits per heavy atom. The van der Waals surface area contributed by atoms with Crippen LogP contribution in [0.5, 0.6) is 11.5 Å². The third-order valence-corrected chi connectivity index (χ3v) is 1.60. The van der Waals surface area contributed by atoms with Crippen molar-refractivity contribution in [1.82, 2.24) is 0 Å². The first-order valence-corrected chi connectivity index (χ1v) is 3.73. The van der Waals surface area contributed by atoms with E-state index in [1.54, 1.807) is 25.1 Å². The molecule has 0 aromatic heterocycles. The van der Waals surface area contributed by atoms with Gasteiger partial charge in [-0.2, -0.15) is 8.78 Å². The Hall–Kier alpha value is -1.32. The van der Waals surface area contributed by atoms with Crippen LogP contribution in [0.1, 0.15) is 5.56 Å². The number of benzene rings is 1. The molecule has 0 radical (unpaired) electrons. The summed E-state index contributed by atoms with van der Waals surface area (Å²) < 4.78 is 33.1. The Balaban J connectivity index is 3.00. The van der Waals surface area contributed by atoms with Crippen molar-refractivity contribution in [3.05, 3.63) is 23.8 Å². The molecule has 0 amide bonds. The molecule has 2 nitrogen and oxygen atoms in total. The van der Waals surface area contributed by atoms with Gasteiger partial charge in [0.2, 0.25) is 0 Å². The van der Waals surface area contributed by atoms with E-state index in [2.05, 4.69) is 4.74 Å². The highest BCUT2D eigenvalue weighted by Gasteiger charge is 2.11. The van der Waals surface area contributed by atoms with Crippen molar-refractivity contribution in [1.29, 1.82) is 0 Å². The fourth-order valence-corrected chi connectivity index (χ4v) is 1.03. The average Bonchev–Trinajstić information content (AvgIpc) is 2.08. The quantitative estimate of drug-likeness (QED) is 0.725. The van der Waals surface area contributed by atoms with E-state index in [0.29, 0.717) is 11.3 Å². The van der Waals surface area contributed by atoms with Gasteiger partial charge in [-0.05, 0) is 18.6 Å². The minimum atomic E-state index is -2.82. The number of hydrogen-bond acceptors (Lipinski definition) is 2. The highest BCUT2D eigenvalue weighted by molar-refractivity contribution is 5.45. The van der Waals surface area contributed by atoms with E-state index in [-0.39, 0.29) is 5.75 Å². The zero-order chi connectivity index (χ0) is 9.84. The Morgan fingerprint density at radius 1 is 1.31 bits per heavy atom. The SMILES string of the molecule is COc1cccc(C)c1OC(F)F. The number of ether oxygens (including phenoxy) is 2. The number of aryl methyl sites for hydroxylation is 1. The molecule has 72 valence electrons. The van der Waals surface area contributed by atoms with Crippen LogP contribution in [0.3, 0.4) is 0 Å². The highest BCUT2D eigenvalue weighted by atomic mass is 19.3. The van der Waals surface area contributed by atoms with Crippen molar-refractivity contribution in [3.63, 3.8) is 0 Å². The third-order valence-electron chi connectivity index (χ3n) is 1.60. The van der Waals surface area contributed by atoms with Crippen LogP contribution in [-0.4, -0.2) is 13.7 Å². The van der Waals surface area contributed by atoms with Crippen molar-refractivity contribution < 1.29 is 18.3 Å². The number of halogens is 2. The number of rotatable bonds is 3. The predicted molar refractivity (Wildman–Crippen MR) is 44.4 cm³/mol. The molecule has 0 aliphatic rings. The molecule has 0 spiro atoms. The second-order valence-corrected chi connectivity index (χ2v) is 2.48. The molecule has 4 heteroatoms.